The van der Waals surface area contributed by atoms with Gasteiger partial charge in [0.2, 0.25) is 5.78 Å². The number of ketones is 1. The molecular formula is C20H28O6. The summed E-state index contributed by atoms with van der Waals surface area (Å²) in [5.41, 5.74) is -1.35. The van der Waals surface area contributed by atoms with Crippen LogP contribution in [0, 0.1) is 11.3 Å². The molecule has 1 aliphatic carbocycles. The number of furan rings is 1. The number of Topliss-reactive ketones (excluding diaryl/α,β-unsaturated/α-hetero) is 1. The SMILES string of the molecule is CCOC(=O)C(CC)(CC1CCCCC1)C(=O)OCC(=O)c1ccco1. The lowest BCUT2D eigenvalue weighted by molar-refractivity contribution is -0.174. The highest BCUT2D eigenvalue weighted by Gasteiger charge is 2.49. The van der Waals surface area contributed by atoms with Crippen LogP contribution in [0.3, 0.4) is 0 Å². The van der Waals surface area contributed by atoms with Gasteiger partial charge in [0.1, 0.15) is 0 Å². The van der Waals surface area contributed by atoms with Crippen molar-refractivity contribution < 1.29 is 28.3 Å². The number of hydrogen-bond donors (Lipinski definition) is 0. The molecule has 1 unspecified atom stereocenters. The molecule has 6 nitrogen and oxygen atoms in total. The van der Waals surface area contributed by atoms with Crippen LogP contribution in [-0.4, -0.2) is 30.9 Å². The van der Waals surface area contributed by atoms with Gasteiger partial charge in [-0.15, -0.1) is 0 Å². The van der Waals surface area contributed by atoms with Gasteiger partial charge in [-0.1, -0.05) is 39.0 Å². The number of hydrogen-bond acceptors (Lipinski definition) is 6. The lowest BCUT2D eigenvalue weighted by Gasteiger charge is -2.33. The Morgan fingerprint density at radius 3 is 2.38 bits per heavy atom. The van der Waals surface area contributed by atoms with Gasteiger partial charge in [-0.3, -0.25) is 14.4 Å². The van der Waals surface area contributed by atoms with Crippen molar-refractivity contribution in [2.75, 3.05) is 13.2 Å². The molecule has 1 aromatic heterocycles. The maximum atomic E-state index is 12.9. The Balaban J connectivity index is 2.10. The Labute approximate surface area is 154 Å². The van der Waals surface area contributed by atoms with Gasteiger partial charge < -0.3 is 13.9 Å². The van der Waals surface area contributed by atoms with E-state index in [1.54, 1.807) is 19.9 Å². The van der Waals surface area contributed by atoms with E-state index in [1.807, 2.05) is 0 Å². The zero-order valence-electron chi connectivity index (χ0n) is 15.6. The van der Waals surface area contributed by atoms with Gasteiger partial charge in [-0.25, -0.2) is 0 Å². The van der Waals surface area contributed by atoms with E-state index < -0.39 is 29.7 Å². The standard InChI is InChI=1S/C20H28O6/c1-3-20(18(22)24-4-2,13-15-9-6-5-7-10-15)19(23)26-14-16(21)17-11-8-12-25-17/h8,11-12,15H,3-7,9-10,13-14H2,1-2H3. The average molecular weight is 364 g/mol. The Morgan fingerprint density at radius 2 is 1.81 bits per heavy atom. The molecule has 6 heteroatoms. The van der Waals surface area contributed by atoms with E-state index in [1.165, 1.54) is 18.8 Å². The van der Waals surface area contributed by atoms with Crippen LogP contribution in [0.25, 0.3) is 0 Å². The normalized spacial score (nSPS) is 17.3. The van der Waals surface area contributed by atoms with Gasteiger partial charge in [0.05, 0.1) is 12.9 Å². The first-order valence-corrected chi connectivity index (χ1v) is 9.44. The molecule has 26 heavy (non-hydrogen) atoms. The van der Waals surface area contributed by atoms with Gasteiger partial charge in [0.15, 0.2) is 17.8 Å². The molecule has 0 spiro atoms. The molecule has 0 aromatic carbocycles. The molecule has 0 radical (unpaired) electrons. The van der Waals surface area contributed by atoms with E-state index in [2.05, 4.69) is 0 Å². The molecule has 1 atom stereocenters. The van der Waals surface area contributed by atoms with Crippen LogP contribution >= 0.6 is 0 Å². The van der Waals surface area contributed by atoms with Crippen molar-refractivity contribution in [1.29, 1.82) is 0 Å². The van der Waals surface area contributed by atoms with Crippen LogP contribution in [0.2, 0.25) is 0 Å². The summed E-state index contributed by atoms with van der Waals surface area (Å²) in [4.78, 5) is 37.5. The molecule has 2 rings (SSSR count). The van der Waals surface area contributed by atoms with Gasteiger partial charge in [-0.05, 0) is 37.8 Å². The summed E-state index contributed by atoms with van der Waals surface area (Å²) >= 11 is 0. The van der Waals surface area contributed by atoms with Gasteiger partial charge in [0, 0.05) is 0 Å². The van der Waals surface area contributed by atoms with Crippen molar-refractivity contribution >= 4 is 17.7 Å². The molecule has 1 aliphatic rings. The average Bonchev–Trinajstić information content (AvgIpc) is 3.19. The minimum absolute atomic E-state index is 0.128. The fourth-order valence-electron chi connectivity index (χ4n) is 3.61. The van der Waals surface area contributed by atoms with E-state index in [4.69, 9.17) is 13.9 Å². The molecule has 144 valence electrons. The number of esters is 2. The van der Waals surface area contributed by atoms with E-state index in [9.17, 15) is 14.4 Å². The molecule has 0 aliphatic heterocycles. The number of carbonyl (C=O) groups excluding carboxylic acids is 3. The summed E-state index contributed by atoms with van der Waals surface area (Å²) in [7, 11) is 0. The minimum Gasteiger partial charge on any atom is -0.465 e. The highest BCUT2D eigenvalue weighted by Crippen LogP contribution is 2.39. The first kappa shape index (κ1) is 20.2. The third-order valence-corrected chi connectivity index (χ3v) is 5.15. The monoisotopic (exact) mass is 364 g/mol. The molecular weight excluding hydrogens is 336 g/mol. The minimum atomic E-state index is -1.35. The zero-order chi connectivity index (χ0) is 19.0. The van der Waals surface area contributed by atoms with Gasteiger partial charge >= 0.3 is 11.9 Å². The quantitative estimate of drug-likeness (QED) is 0.375. The smallest absolute Gasteiger partial charge is 0.323 e. The van der Waals surface area contributed by atoms with Crippen molar-refractivity contribution in [2.45, 2.75) is 58.8 Å². The topological polar surface area (TPSA) is 82.8 Å². The predicted octanol–water partition coefficient (Wildman–Crippen LogP) is 3.94. The lowest BCUT2D eigenvalue weighted by atomic mass is 9.72. The van der Waals surface area contributed by atoms with E-state index >= 15 is 0 Å². The third-order valence-electron chi connectivity index (χ3n) is 5.15. The summed E-state index contributed by atoms with van der Waals surface area (Å²) in [6.07, 6.45) is 7.49. The number of ether oxygens (including phenoxy) is 2. The summed E-state index contributed by atoms with van der Waals surface area (Å²) in [6, 6.07) is 3.10. The molecule has 1 heterocycles. The second-order valence-electron chi connectivity index (χ2n) is 6.84. The fraction of sp³-hybridized carbons (Fsp3) is 0.650. The van der Waals surface area contributed by atoms with Crippen molar-refractivity contribution in [3.05, 3.63) is 24.2 Å². The Morgan fingerprint density at radius 1 is 1.12 bits per heavy atom. The van der Waals surface area contributed by atoms with Crippen molar-refractivity contribution in [2.24, 2.45) is 11.3 Å². The first-order chi connectivity index (χ1) is 12.5. The summed E-state index contributed by atoms with van der Waals surface area (Å²) in [5.74, 6) is -1.24. The molecule has 0 amide bonds. The van der Waals surface area contributed by atoms with Crippen LogP contribution in [0.4, 0.5) is 0 Å². The second kappa shape index (κ2) is 9.55. The van der Waals surface area contributed by atoms with E-state index in [0.717, 1.165) is 25.7 Å². The molecule has 1 fully saturated rings. The maximum Gasteiger partial charge on any atom is 0.323 e. The van der Waals surface area contributed by atoms with Gasteiger partial charge in [-0.2, -0.15) is 0 Å². The van der Waals surface area contributed by atoms with Crippen LogP contribution in [0.15, 0.2) is 22.8 Å². The summed E-state index contributed by atoms with van der Waals surface area (Å²) in [6.45, 7) is 3.25. The van der Waals surface area contributed by atoms with E-state index in [0.29, 0.717) is 12.3 Å². The van der Waals surface area contributed by atoms with Crippen LogP contribution in [-0.2, 0) is 19.1 Å². The third kappa shape index (κ3) is 4.74. The van der Waals surface area contributed by atoms with Crippen LogP contribution in [0.5, 0.6) is 0 Å². The van der Waals surface area contributed by atoms with E-state index in [-0.39, 0.29) is 18.8 Å². The first-order valence-electron chi connectivity index (χ1n) is 9.44. The Kier molecular flexibility index (Phi) is 7.42. The van der Waals surface area contributed by atoms with Crippen LogP contribution < -0.4 is 0 Å². The van der Waals surface area contributed by atoms with Crippen molar-refractivity contribution in [3.8, 4) is 0 Å². The largest absolute Gasteiger partial charge is 0.465 e. The maximum absolute atomic E-state index is 12.9. The summed E-state index contributed by atoms with van der Waals surface area (Å²) in [5, 5.41) is 0. The fourth-order valence-corrected chi connectivity index (χ4v) is 3.61. The molecule has 1 aromatic rings. The molecule has 0 bridgehead atoms. The zero-order valence-corrected chi connectivity index (χ0v) is 15.6. The van der Waals surface area contributed by atoms with Gasteiger partial charge in [0.25, 0.3) is 0 Å². The Bertz CT molecular complexity index is 600. The Hall–Kier alpha value is -2.11. The number of carbonyl (C=O) groups is 3. The molecule has 1 saturated carbocycles. The number of rotatable bonds is 9. The highest BCUT2D eigenvalue weighted by molar-refractivity contribution is 6.02. The predicted molar refractivity (Wildman–Crippen MR) is 94.5 cm³/mol. The van der Waals surface area contributed by atoms with Crippen molar-refractivity contribution in [3.63, 3.8) is 0 Å². The van der Waals surface area contributed by atoms with Crippen molar-refractivity contribution in [1.82, 2.24) is 0 Å². The van der Waals surface area contributed by atoms with Crippen LogP contribution in [0.1, 0.15) is 69.3 Å². The molecule has 0 saturated heterocycles. The summed E-state index contributed by atoms with van der Waals surface area (Å²) < 4.78 is 15.5. The second-order valence-corrected chi connectivity index (χ2v) is 6.84. The molecule has 0 N–H and O–H groups in total. The highest BCUT2D eigenvalue weighted by atomic mass is 16.6. The lowest BCUT2D eigenvalue weighted by Crippen LogP contribution is -2.44.